The van der Waals surface area contributed by atoms with E-state index in [4.69, 9.17) is 5.11 Å². The number of carbonyl (C=O) groups is 1. The van der Waals surface area contributed by atoms with E-state index in [1.54, 1.807) is 19.9 Å². The van der Waals surface area contributed by atoms with Crippen LogP contribution >= 0.6 is 0 Å². The summed E-state index contributed by atoms with van der Waals surface area (Å²) in [5.41, 5.74) is 0.928. The second kappa shape index (κ2) is 4.64. The molecule has 0 aliphatic carbocycles. The Morgan fingerprint density at radius 1 is 1.50 bits per heavy atom. The van der Waals surface area contributed by atoms with Crippen LogP contribution in [-0.4, -0.2) is 11.1 Å². The first-order valence-electron chi connectivity index (χ1n) is 5.37. The molecule has 1 aromatic carbocycles. The van der Waals surface area contributed by atoms with E-state index in [1.807, 2.05) is 6.92 Å². The van der Waals surface area contributed by atoms with Crippen LogP contribution in [0.1, 0.15) is 31.4 Å². The number of hydrogen-bond donors (Lipinski definition) is 1. The maximum absolute atomic E-state index is 12.9. The molecular formula is C13H17FO2. The van der Waals surface area contributed by atoms with E-state index in [2.05, 4.69) is 0 Å². The van der Waals surface area contributed by atoms with E-state index < -0.39 is 11.4 Å². The Bertz CT molecular complexity index is 401. The monoisotopic (exact) mass is 224 g/mol. The smallest absolute Gasteiger partial charge is 0.309 e. The third-order valence-corrected chi connectivity index (χ3v) is 3.18. The first kappa shape index (κ1) is 12.7. The first-order valence-corrected chi connectivity index (χ1v) is 5.37. The summed E-state index contributed by atoms with van der Waals surface area (Å²) in [7, 11) is 0. The lowest BCUT2D eigenvalue weighted by Crippen LogP contribution is -2.29. The Balaban J connectivity index is 2.99. The van der Waals surface area contributed by atoms with Gasteiger partial charge in [0.05, 0.1) is 5.41 Å². The molecule has 88 valence electrons. The fourth-order valence-electron chi connectivity index (χ4n) is 1.63. The molecule has 0 radical (unpaired) electrons. The molecule has 1 unspecified atom stereocenters. The van der Waals surface area contributed by atoms with Crippen molar-refractivity contribution in [3.05, 3.63) is 35.1 Å². The van der Waals surface area contributed by atoms with Crippen LogP contribution in [0.2, 0.25) is 0 Å². The molecule has 1 aromatic rings. The topological polar surface area (TPSA) is 37.3 Å². The van der Waals surface area contributed by atoms with Crippen molar-refractivity contribution < 1.29 is 14.3 Å². The summed E-state index contributed by atoms with van der Waals surface area (Å²) in [4.78, 5) is 11.2. The largest absolute Gasteiger partial charge is 0.481 e. The van der Waals surface area contributed by atoms with Crippen molar-refractivity contribution >= 4 is 5.97 Å². The lowest BCUT2D eigenvalue weighted by atomic mass is 9.80. The van der Waals surface area contributed by atoms with Crippen molar-refractivity contribution in [2.75, 3.05) is 0 Å². The number of aryl methyl sites for hydroxylation is 1. The van der Waals surface area contributed by atoms with E-state index in [-0.39, 0.29) is 5.82 Å². The summed E-state index contributed by atoms with van der Waals surface area (Å²) in [6.07, 6.45) is 0.990. The summed E-state index contributed by atoms with van der Waals surface area (Å²) in [5, 5.41) is 9.17. The minimum Gasteiger partial charge on any atom is -0.481 e. The quantitative estimate of drug-likeness (QED) is 0.852. The normalized spacial score (nSPS) is 14.5. The first-order chi connectivity index (χ1) is 7.39. The molecule has 0 aliphatic heterocycles. The number of carboxylic acids is 1. The third kappa shape index (κ3) is 2.60. The highest BCUT2D eigenvalue weighted by Crippen LogP contribution is 2.28. The van der Waals surface area contributed by atoms with Crippen LogP contribution in [0.5, 0.6) is 0 Å². The van der Waals surface area contributed by atoms with Gasteiger partial charge in [-0.15, -0.1) is 0 Å². The number of hydrogen-bond acceptors (Lipinski definition) is 1. The van der Waals surface area contributed by atoms with Crippen molar-refractivity contribution in [3.63, 3.8) is 0 Å². The molecule has 0 amide bonds. The summed E-state index contributed by atoms with van der Waals surface area (Å²) < 4.78 is 12.9. The van der Waals surface area contributed by atoms with Gasteiger partial charge in [-0.25, -0.2) is 4.39 Å². The van der Waals surface area contributed by atoms with E-state index in [9.17, 15) is 9.18 Å². The van der Waals surface area contributed by atoms with Gasteiger partial charge in [0.2, 0.25) is 0 Å². The molecule has 3 heteroatoms. The number of aliphatic carboxylic acids is 1. The van der Waals surface area contributed by atoms with Gasteiger partial charge in [-0.2, -0.15) is 0 Å². The maximum Gasteiger partial charge on any atom is 0.309 e. The second-order valence-corrected chi connectivity index (χ2v) is 4.47. The van der Waals surface area contributed by atoms with Gasteiger partial charge in [-0.3, -0.25) is 4.79 Å². The maximum atomic E-state index is 12.9. The number of halogens is 1. The fourth-order valence-corrected chi connectivity index (χ4v) is 1.63. The molecule has 16 heavy (non-hydrogen) atoms. The molecule has 1 atom stereocenters. The predicted octanol–water partition coefficient (Wildman–Crippen LogP) is 3.18. The van der Waals surface area contributed by atoms with Crippen molar-refractivity contribution in [1.29, 1.82) is 0 Å². The number of benzene rings is 1. The zero-order chi connectivity index (χ0) is 12.3. The number of rotatable bonds is 4. The highest BCUT2D eigenvalue weighted by atomic mass is 19.1. The Kier molecular flexibility index (Phi) is 3.68. The van der Waals surface area contributed by atoms with Crippen LogP contribution in [-0.2, 0) is 11.2 Å². The van der Waals surface area contributed by atoms with Gasteiger partial charge in [-0.05, 0) is 49.9 Å². The van der Waals surface area contributed by atoms with Crippen molar-refractivity contribution in [1.82, 2.24) is 0 Å². The van der Waals surface area contributed by atoms with Gasteiger partial charge in [-0.1, -0.05) is 13.0 Å². The molecule has 1 rings (SSSR count). The van der Waals surface area contributed by atoms with E-state index in [0.29, 0.717) is 12.8 Å². The zero-order valence-corrected chi connectivity index (χ0v) is 9.88. The molecule has 0 spiro atoms. The van der Waals surface area contributed by atoms with Crippen LogP contribution in [0, 0.1) is 18.2 Å². The standard InChI is InChI=1S/C13H17FO2/c1-4-13(3,12(15)16)8-10-5-6-11(14)7-9(10)2/h5-7H,4,8H2,1-3H3,(H,15,16). The summed E-state index contributed by atoms with van der Waals surface area (Å²) in [5.74, 6) is -1.09. The molecule has 0 saturated carbocycles. The minimum atomic E-state index is -0.807. The predicted molar refractivity (Wildman–Crippen MR) is 60.9 cm³/mol. The van der Waals surface area contributed by atoms with Gasteiger partial charge in [0.15, 0.2) is 0 Å². The summed E-state index contributed by atoms with van der Waals surface area (Å²) >= 11 is 0. The minimum absolute atomic E-state index is 0.283. The van der Waals surface area contributed by atoms with Crippen molar-refractivity contribution in [3.8, 4) is 0 Å². The van der Waals surface area contributed by atoms with Crippen LogP contribution in [0.15, 0.2) is 18.2 Å². The lowest BCUT2D eigenvalue weighted by Gasteiger charge is -2.23. The van der Waals surface area contributed by atoms with E-state index >= 15 is 0 Å². The Hall–Kier alpha value is -1.38. The van der Waals surface area contributed by atoms with Crippen LogP contribution in [0.3, 0.4) is 0 Å². The van der Waals surface area contributed by atoms with Crippen LogP contribution < -0.4 is 0 Å². The molecule has 0 aliphatic rings. The number of carboxylic acid groups (broad SMARTS) is 1. The van der Waals surface area contributed by atoms with Gasteiger partial charge in [0, 0.05) is 0 Å². The van der Waals surface area contributed by atoms with E-state index in [1.165, 1.54) is 12.1 Å². The zero-order valence-electron chi connectivity index (χ0n) is 9.88. The van der Waals surface area contributed by atoms with Crippen molar-refractivity contribution in [2.24, 2.45) is 5.41 Å². The van der Waals surface area contributed by atoms with Gasteiger partial charge >= 0.3 is 5.97 Å². The lowest BCUT2D eigenvalue weighted by molar-refractivity contribution is -0.148. The Morgan fingerprint density at radius 3 is 2.56 bits per heavy atom. The molecule has 2 nitrogen and oxygen atoms in total. The molecule has 0 heterocycles. The fraction of sp³-hybridized carbons (Fsp3) is 0.462. The Labute approximate surface area is 95.1 Å². The van der Waals surface area contributed by atoms with Crippen LogP contribution in [0.25, 0.3) is 0 Å². The highest BCUT2D eigenvalue weighted by Gasteiger charge is 2.31. The van der Waals surface area contributed by atoms with Crippen molar-refractivity contribution in [2.45, 2.75) is 33.6 Å². The summed E-state index contributed by atoms with van der Waals surface area (Å²) in [6.45, 7) is 5.38. The van der Waals surface area contributed by atoms with Crippen LogP contribution in [0.4, 0.5) is 4.39 Å². The summed E-state index contributed by atoms with van der Waals surface area (Å²) in [6, 6.07) is 4.48. The molecule has 0 fully saturated rings. The molecule has 0 aromatic heterocycles. The SMILES string of the molecule is CCC(C)(Cc1ccc(F)cc1C)C(=O)O. The van der Waals surface area contributed by atoms with Gasteiger partial charge in [0.25, 0.3) is 0 Å². The molecule has 0 bridgehead atoms. The average Bonchev–Trinajstić information content (AvgIpc) is 2.22. The second-order valence-electron chi connectivity index (χ2n) is 4.47. The molecular weight excluding hydrogens is 207 g/mol. The Morgan fingerprint density at radius 2 is 2.12 bits per heavy atom. The molecule has 1 N–H and O–H groups in total. The average molecular weight is 224 g/mol. The third-order valence-electron chi connectivity index (χ3n) is 3.18. The molecule has 0 saturated heterocycles. The van der Waals surface area contributed by atoms with Gasteiger partial charge in [0.1, 0.15) is 5.82 Å². The highest BCUT2D eigenvalue weighted by molar-refractivity contribution is 5.74. The van der Waals surface area contributed by atoms with Gasteiger partial charge < -0.3 is 5.11 Å². The van der Waals surface area contributed by atoms with E-state index in [0.717, 1.165) is 11.1 Å².